The first kappa shape index (κ1) is 21.9. The van der Waals surface area contributed by atoms with Crippen molar-refractivity contribution in [2.24, 2.45) is 4.99 Å². The molecule has 1 saturated heterocycles. The predicted molar refractivity (Wildman–Crippen MR) is 111 cm³/mol. The van der Waals surface area contributed by atoms with Crippen molar-refractivity contribution in [1.82, 2.24) is 20.5 Å². The number of nitrogens with zero attached hydrogens (tertiary/aromatic N) is 3. The summed E-state index contributed by atoms with van der Waals surface area (Å²) in [6, 6.07) is 3.86. The van der Waals surface area contributed by atoms with Crippen molar-refractivity contribution < 1.29 is 9.47 Å². The van der Waals surface area contributed by atoms with Gasteiger partial charge in [0, 0.05) is 38.4 Å². The van der Waals surface area contributed by atoms with E-state index in [0.717, 1.165) is 63.9 Å². The Bertz CT molecular complexity index is 510. The third-order valence-corrected chi connectivity index (χ3v) is 3.82. The summed E-state index contributed by atoms with van der Waals surface area (Å²) in [4.78, 5) is 11.2. The number of methoxy groups -OCH3 is 1. The standard InChI is InChI=1S/C17H29N5O2.HI/c1-3-18-17(20-6-4-8-22-9-11-24-12-10-22)21-14-15-5-7-19-16(13-15)23-2;/h5,7,13H,3-4,6,8-12,14H2,1-2H3,(H2,18,20,21);1H. The van der Waals surface area contributed by atoms with Crippen LogP contribution in [0.2, 0.25) is 0 Å². The third-order valence-electron chi connectivity index (χ3n) is 3.82. The molecule has 1 aliphatic rings. The van der Waals surface area contributed by atoms with E-state index in [-0.39, 0.29) is 24.0 Å². The van der Waals surface area contributed by atoms with E-state index in [1.54, 1.807) is 13.3 Å². The second-order valence-corrected chi connectivity index (χ2v) is 5.64. The van der Waals surface area contributed by atoms with E-state index in [1.165, 1.54) is 0 Å². The zero-order valence-electron chi connectivity index (χ0n) is 15.2. The predicted octanol–water partition coefficient (Wildman–Crippen LogP) is 1.49. The van der Waals surface area contributed by atoms with Gasteiger partial charge in [-0.25, -0.2) is 9.98 Å². The zero-order chi connectivity index (χ0) is 17.0. The maximum absolute atomic E-state index is 5.37. The fourth-order valence-electron chi connectivity index (χ4n) is 2.51. The summed E-state index contributed by atoms with van der Waals surface area (Å²) >= 11 is 0. The first-order valence-electron chi connectivity index (χ1n) is 8.63. The topological polar surface area (TPSA) is 71.0 Å². The number of hydrogen-bond acceptors (Lipinski definition) is 5. The lowest BCUT2D eigenvalue weighted by Gasteiger charge is -2.26. The van der Waals surface area contributed by atoms with Crippen LogP contribution in [-0.4, -0.2) is 68.9 Å². The summed E-state index contributed by atoms with van der Waals surface area (Å²) in [6.07, 6.45) is 2.83. The van der Waals surface area contributed by atoms with Crippen LogP contribution in [0.25, 0.3) is 0 Å². The van der Waals surface area contributed by atoms with E-state index in [1.807, 2.05) is 12.1 Å². The van der Waals surface area contributed by atoms with Gasteiger partial charge in [0.25, 0.3) is 0 Å². The van der Waals surface area contributed by atoms with Crippen LogP contribution >= 0.6 is 24.0 Å². The van der Waals surface area contributed by atoms with Crippen molar-refractivity contribution in [2.45, 2.75) is 19.9 Å². The number of pyridine rings is 1. The van der Waals surface area contributed by atoms with Gasteiger partial charge >= 0.3 is 0 Å². The van der Waals surface area contributed by atoms with Gasteiger partial charge < -0.3 is 20.1 Å². The Morgan fingerprint density at radius 2 is 2.16 bits per heavy atom. The Hall–Kier alpha value is -1.13. The molecule has 8 heteroatoms. The van der Waals surface area contributed by atoms with Gasteiger partial charge in [-0.3, -0.25) is 4.90 Å². The number of ether oxygens (including phenoxy) is 2. The average Bonchev–Trinajstić information content (AvgIpc) is 2.64. The molecule has 1 aromatic rings. The lowest BCUT2D eigenvalue weighted by Crippen LogP contribution is -2.40. The Balaban J connectivity index is 0.00000312. The van der Waals surface area contributed by atoms with E-state index in [2.05, 4.69) is 32.4 Å². The van der Waals surface area contributed by atoms with E-state index < -0.39 is 0 Å². The van der Waals surface area contributed by atoms with Crippen LogP contribution in [0, 0.1) is 0 Å². The minimum atomic E-state index is 0. The molecule has 1 fully saturated rings. The molecule has 0 saturated carbocycles. The first-order chi connectivity index (χ1) is 11.8. The summed E-state index contributed by atoms with van der Waals surface area (Å²) in [5, 5.41) is 6.67. The maximum atomic E-state index is 5.37. The van der Waals surface area contributed by atoms with Gasteiger partial charge in [0.05, 0.1) is 26.9 Å². The summed E-state index contributed by atoms with van der Waals surface area (Å²) in [6.45, 7) is 9.29. The summed E-state index contributed by atoms with van der Waals surface area (Å²) in [7, 11) is 1.62. The molecule has 0 radical (unpaired) electrons. The minimum absolute atomic E-state index is 0. The molecule has 25 heavy (non-hydrogen) atoms. The Labute approximate surface area is 167 Å². The first-order valence-corrected chi connectivity index (χ1v) is 8.63. The Kier molecular flexibility index (Phi) is 11.5. The van der Waals surface area contributed by atoms with E-state index in [9.17, 15) is 0 Å². The lowest BCUT2D eigenvalue weighted by atomic mass is 10.3. The molecule has 2 rings (SSSR count). The fourth-order valence-corrected chi connectivity index (χ4v) is 2.51. The van der Waals surface area contributed by atoms with Gasteiger partial charge in [-0.05, 0) is 31.5 Å². The van der Waals surface area contributed by atoms with Crippen LogP contribution in [-0.2, 0) is 11.3 Å². The van der Waals surface area contributed by atoms with Gasteiger partial charge in [-0.1, -0.05) is 0 Å². The quantitative estimate of drug-likeness (QED) is 0.264. The molecule has 142 valence electrons. The minimum Gasteiger partial charge on any atom is -0.481 e. The van der Waals surface area contributed by atoms with Crippen LogP contribution in [0.1, 0.15) is 18.9 Å². The monoisotopic (exact) mass is 463 g/mol. The Morgan fingerprint density at radius 3 is 2.88 bits per heavy atom. The second-order valence-electron chi connectivity index (χ2n) is 5.64. The number of aromatic nitrogens is 1. The smallest absolute Gasteiger partial charge is 0.213 e. The molecular weight excluding hydrogens is 433 g/mol. The molecule has 2 N–H and O–H groups in total. The van der Waals surface area contributed by atoms with Gasteiger partial charge in [-0.15, -0.1) is 24.0 Å². The molecule has 2 heterocycles. The number of guanidine groups is 1. The lowest BCUT2D eigenvalue weighted by molar-refractivity contribution is 0.0376. The van der Waals surface area contributed by atoms with E-state index in [4.69, 9.17) is 9.47 Å². The second kappa shape index (κ2) is 13.1. The molecule has 0 spiro atoms. The molecule has 0 bridgehead atoms. The van der Waals surface area contributed by atoms with Crippen LogP contribution in [0.3, 0.4) is 0 Å². The highest BCUT2D eigenvalue weighted by molar-refractivity contribution is 14.0. The van der Waals surface area contributed by atoms with Crippen LogP contribution < -0.4 is 15.4 Å². The van der Waals surface area contributed by atoms with Crippen molar-refractivity contribution >= 4 is 29.9 Å². The van der Waals surface area contributed by atoms with Gasteiger partial charge in [0.1, 0.15) is 0 Å². The Morgan fingerprint density at radius 1 is 1.36 bits per heavy atom. The number of morpholine rings is 1. The number of halogens is 1. The van der Waals surface area contributed by atoms with E-state index in [0.29, 0.717) is 12.4 Å². The summed E-state index contributed by atoms with van der Waals surface area (Å²) in [5.41, 5.74) is 1.08. The molecular formula is C17H30IN5O2. The molecule has 0 atom stereocenters. The van der Waals surface area contributed by atoms with Gasteiger partial charge in [-0.2, -0.15) is 0 Å². The van der Waals surface area contributed by atoms with Crippen LogP contribution in [0.4, 0.5) is 0 Å². The SMILES string of the molecule is CCNC(=NCc1ccnc(OC)c1)NCCCN1CCOCC1.I. The van der Waals surface area contributed by atoms with Crippen LogP contribution in [0.5, 0.6) is 5.88 Å². The van der Waals surface area contributed by atoms with Gasteiger partial charge in [0.15, 0.2) is 5.96 Å². The van der Waals surface area contributed by atoms with Crippen molar-refractivity contribution in [2.75, 3.05) is 53.0 Å². The molecule has 0 aliphatic carbocycles. The summed E-state index contributed by atoms with van der Waals surface area (Å²) in [5.74, 6) is 1.46. The van der Waals surface area contributed by atoms with Gasteiger partial charge in [0.2, 0.25) is 5.88 Å². The average molecular weight is 463 g/mol. The number of hydrogen-bond donors (Lipinski definition) is 2. The molecule has 0 amide bonds. The fraction of sp³-hybridized carbons (Fsp3) is 0.647. The molecule has 0 unspecified atom stereocenters. The van der Waals surface area contributed by atoms with Crippen molar-refractivity contribution in [3.05, 3.63) is 23.9 Å². The van der Waals surface area contributed by atoms with Crippen molar-refractivity contribution in [3.8, 4) is 5.88 Å². The molecule has 1 aromatic heterocycles. The molecule has 0 aromatic carbocycles. The highest BCUT2D eigenvalue weighted by atomic mass is 127. The largest absolute Gasteiger partial charge is 0.481 e. The van der Waals surface area contributed by atoms with Crippen molar-refractivity contribution in [3.63, 3.8) is 0 Å². The number of aliphatic imine (C=N–C) groups is 1. The normalized spacial score (nSPS) is 15.4. The number of rotatable bonds is 8. The van der Waals surface area contributed by atoms with E-state index >= 15 is 0 Å². The van der Waals surface area contributed by atoms with Crippen molar-refractivity contribution in [1.29, 1.82) is 0 Å². The maximum Gasteiger partial charge on any atom is 0.213 e. The third kappa shape index (κ3) is 8.68. The highest BCUT2D eigenvalue weighted by Gasteiger charge is 2.09. The summed E-state index contributed by atoms with van der Waals surface area (Å²) < 4.78 is 10.5. The van der Waals surface area contributed by atoms with Crippen LogP contribution in [0.15, 0.2) is 23.3 Å². The zero-order valence-corrected chi connectivity index (χ0v) is 17.5. The molecule has 1 aliphatic heterocycles. The highest BCUT2D eigenvalue weighted by Crippen LogP contribution is 2.09. The molecule has 7 nitrogen and oxygen atoms in total. The number of nitrogens with one attached hydrogen (secondary N) is 2.